The Bertz CT molecular complexity index is 837. The minimum absolute atomic E-state index is 0.0468. The normalized spacial score (nSPS) is 10.1. The Morgan fingerprint density at radius 3 is 2.35 bits per heavy atom. The number of benzene rings is 2. The summed E-state index contributed by atoms with van der Waals surface area (Å²) in [5.41, 5.74) is 6.73. The van der Waals surface area contributed by atoms with Gasteiger partial charge in [0, 0.05) is 18.5 Å². The predicted octanol–water partition coefficient (Wildman–Crippen LogP) is 2.62. The summed E-state index contributed by atoms with van der Waals surface area (Å²) >= 11 is 0. The molecule has 0 aliphatic heterocycles. The lowest BCUT2D eigenvalue weighted by Gasteiger charge is -2.10. The van der Waals surface area contributed by atoms with E-state index in [1.54, 1.807) is 0 Å². The highest BCUT2D eigenvalue weighted by atomic mass is 19.1. The van der Waals surface area contributed by atoms with Crippen LogP contribution in [-0.2, 0) is 9.59 Å². The third kappa shape index (κ3) is 5.41. The van der Waals surface area contributed by atoms with Gasteiger partial charge in [-0.15, -0.1) is 0 Å². The van der Waals surface area contributed by atoms with Crippen LogP contribution in [0.15, 0.2) is 42.5 Å². The standard InChI is InChI=1S/C19H20FN3O3/c1-12-7-8-13(2)16(11-12)21-17(24)9-10-18(25)22-23-19(26)14-5-3-4-6-15(14)20/h3-8,11H,9-10H2,1-2H3,(H,21,24)(H,22,25)(H,23,26). The minimum Gasteiger partial charge on any atom is -0.326 e. The van der Waals surface area contributed by atoms with Crippen LogP contribution in [0, 0.1) is 19.7 Å². The van der Waals surface area contributed by atoms with Crippen LogP contribution in [0.3, 0.4) is 0 Å². The molecule has 7 heteroatoms. The minimum atomic E-state index is -0.767. The van der Waals surface area contributed by atoms with E-state index in [1.807, 2.05) is 32.0 Å². The first-order valence-corrected chi connectivity index (χ1v) is 8.07. The molecule has 26 heavy (non-hydrogen) atoms. The van der Waals surface area contributed by atoms with E-state index in [2.05, 4.69) is 16.2 Å². The van der Waals surface area contributed by atoms with Crippen molar-refractivity contribution in [2.75, 3.05) is 5.32 Å². The maximum absolute atomic E-state index is 13.5. The van der Waals surface area contributed by atoms with Crippen LogP contribution in [0.2, 0.25) is 0 Å². The van der Waals surface area contributed by atoms with Gasteiger partial charge in [-0.05, 0) is 43.2 Å². The zero-order valence-electron chi connectivity index (χ0n) is 14.6. The van der Waals surface area contributed by atoms with Crippen LogP contribution in [-0.4, -0.2) is 17.7 Å². The summed E-state index contributed by atoms with van der Waals surface area (Å²) in [5, 5.41) is 2.75. The Hall–Kier alpha value is -3.22. The van der Waals surface area contributed by atoms with Gasteiger partial charge in [0.25, 0.3) is 5.91 Å². The topological polar surface area (TPSA) is 87.3 Å². The Kier molecular flexibility index (Phi) is 6.43. The quantitative estimate of drug-likeness (QED) is 0.719. The maximum atomic E-state index is 13.5. The molecule has 0 saturated heterocycles. The van der Waals surface area contributed by atoms with Gasteiger partial charge >= 0.3 is 0 Å². The highest BCUT2D eigenvalue weighted by Gasteiger charge is 2.13. The molecule has 0 saturated carbocycles. The van der Waals surface area contributed by atoms with E-state index in [9.17, 15) is 18.8 Å². The zero-order chi connectivity index (χ0) is 19.1. The van der Waals surface area contributed by atoms with Gasteiger partial charge < -0.3 is 5.32 Å². The highest BCUT2D eigenvalue weighted by Crippen LogP contribution is 2.16. The molecule has 2 aromatic rings. The second-order valence-electron chi connectivity index (χ2n) is 5.85. The van der Waals surface area contributed by atoms with Gasteiger partial charge in [0.1, 0.15) is 5.82 Å². The average molecular weight is 357 g/mol. The lowest BCUT2D eigenvalue weighted by Crippen LogP contribution is -2.42. The van der Waals surface area contributed by atoms with Gasteiger partial charge in [-0.1, -0.05) is 24.3 Å². The largest absolute Gasteiger partial charge is 0.326 e. The Balaban J connectivity index is 1.78. The number of hydrazine groups is 1. The number of nitrogens with one attached hydrogen (secondary N) is 3. The number of amides is 3. The van der Waals surface area contributed by atoms with Gasteiger partial charge in [0.15, 0.2) is 0 Å². The van der Waals surface area contributed by atoms with E-state index in [1.165, 1.54) is 18.2 Å². The second-order valence-corrected chi connectivity index (χ2v) is 5.85. The van der Waals surface area contributed by atoms with Gasteiger partial charge in [0.05, 0.1) is 5.56 Å². The molecule has 0 radical (unpaired) electrons. The Morgan fingerprint density at radius 1 is 0.923 bits per heavy atom. The molecule has 2 rings (SSSR count). The van der Waals surface area contributed by atoms with E-state index >= 15 is 0 Å². The van der Waals surface area contributed by atoms with Crippen LogP contribution in [0.5, 0.6) is 0 Å². The molecule has 0 atom stereocenters. The fourth-order valence-corrected chi connectivity index (χ4v) is 2.21. The fraction of sp³-hybridized carbons (Fsp3) is 0.211. The molecule has 3 N–H and O–H groups in total. The van der Waals surface area contributed by atoms with Crippen LogP contribution in [0.1, 0.15) is 34.3 Å². The number of hydrogen-bond donors (Lipinski definition) is 3. The van der Waals surface area contributed by atoms with E-state index < -0.39 is 17.6 Å². The van der Waals surface area contributed by atoms with Crippen LogP contribution in [0.4, 0.5) is 10.1 Å². The zero-order valence-corrected chi connectivity index (χ0v) is 14.6. The van der Waals surface area contributed by atoms with Gasteiger partial charge in [-0.25, -0.2) is 4.39 Å². The third-order valence-corrected chi connectivity index (χ3v) is 3.68. The summed E-state index contributed by atoms with van der Waals surface area (Å²) in [6.45, 7) is 3.79. The predicted molar refractivity (Wildman–Crippen MR) is 95.8 cm³/mol. The Labute approximate surface area is 150 Å². The number of halogens is 1. The summed E-state index contributed by atoms with van der Waals surface area (Å²) in [5.74, 6) is -2.32. The monoisotopic (exact) mass is 357 g/mol. The van der Waals surface area contributed by atoms with Crippen molar-refractivity contribution in [3.05, 3.63) is 65.0 Å². The summed E-state index contributed by atoms with van der Waals surface area (Å²) in [7, 11) is 0. The van der Waals surface area contributed by atoms with Gasteiger partial charge in [-0.2, -0.15) is 0 Å². The van der Waals surface area contributed by atoms with E-state index in [0.29, 0.717) is 5.69 Å². The molecule has 0 unspecified atom stereocenters. The van der Waals surface area contributed by atoms with Crippen molar-refractivity contribution in [3.8, 4) is 0 Å². The number of aryl methyl sites for hydroxylation is 2. The molecule has 2 aromatic carbocycles. The summed E-state index contributed by atoms with van der Waals surface area (Å²) in [6.07, 6.45) is -0.164. The SMILES string of the molecule is Cc1ccc(C)c(NC(=O)CCC(=O)NNC(=O)c2ccccc2F)c1. The molecular weight excluding hydrogens is 337 g/mol. The maximum Gasteiger partial charge on any atom is 0.272 e. The van der Waals surface area contributed by atoms with Crippen molar-refractivity contribution in [3.63, 3.8) is 0 Å². The third-order valence-electron chi connectivity index (χ3n) is 3.68. The first-order chi connectivity index (χ1) is 12.4. The lowest BCUT2D eigenvalue weighted by atomic mass is 10.1. The molecule has 0 aliphatic carbocycles. The smallest absolute Gasteiger partial charge is 0.272 e. The summed E-state index contributed by atoms with van der Waals surface area (Å²) < 4.78 is 13.5. The molecule has 0 heterocycles. The molecule has 0 aromatic heterocycles. The molecule has 3 amide bonds. The number of anilines is 1. The van der Waals surface area contributed by atoms with Crippen molar-refractivity contribution in [2.24, 2.45) is 0 Å². The van der Waals surface area contributed by atoms with E-state index in [4.69, 9.17) is 0 Å². The van der Waals surface area contributed by atoms with Gasteiger partial charge in [0.2, 0.25) is 11.8 Å². The summed E-state index contributed by atoms with van der Waals surface area (Å²) in [4.78, 5) is 35.5. The van der Waals surface area contributed by atoms with E-state index in [-0.39, 0.29) is 24.3 Å². The molecule has 6 nitrogen and oxygen atoms in total. The van der Waals surface area contributed by atoms with Crippen molar-refractivity contribution >= 4 is 23.4 Å². The van der Waals surface area contributed by atoms with Crippen LogP contribution >= 0.6 is 0 Å². The number of carbonyl (C=O) groups excluding carboxylic acids is 3. The highest BCUT2D eigenvalue weighted by molar-refractivity contribution is 5.96. The number of carbonyl (C=O) groups is 3. The second kappa shape index (κ2) is 8.75. The average Bonchev–Trinajstić information content (AvgIpc) is 2.61. The molecule has 136 valence electrons. The number of rotatable bonds is 5. The number of hydrogen-bond acceptors (Lipinski definition) is 3. The van der Waals surface area contributed by atoms with E-state index in [0.717, 1.165) is 17.2 Å². The summed E-state index contributed by atoms with van der Waals surface area (Å²) in [6, 6.07) is 11.1. The molecule has 0 spiro atoms. The molecule has 0 fully saturated rings. The fourth-order valence-electron chi connectivity index (χ4n) is 2.21. The van der Waals surface area contributed by atoms with Crippen LogP contribution in [0.25, 0.3) is 0 Å². The lowest BCUT2D eigenvalue weighted by molar-refractivity contribution is -0.124. The van der Waals surface area contributed by atoms with Gasteiger partial charge in [-0.3, -0.25) is 25.2 Å². The molecular formula is C19H20FN3O3. The molecule has 0 aliphatic rings. The molecule has 0 bridgehead atoms. The first-order valence-electron chi connectivity index (χ1n) is 8.07. The van der Waals surface area contributed by atoms with Crippen molar-refractivity contribution < 1.29 is 18.8 Å². The van der Waals surface area contributed by atoms with Crippen LogP contribution < -0.4 is 16.2 Å². The van der Waals surface area contributed by atoms with Crippen molar-refractivity contribution in [1.82, 2.24) is 10.9 Å². The first kappa shape index (κ1) is 19.1. The Morgan fingerprint density at radius 2 is 1.62 bits per heavy atom. The van der Waals surface area contributed by atoms with Crippen molar-refractivity contribution in [1.29, 1.82) is 0 Å². The van der Waals surface area contributed by atoms with Crippen molar-refractivity contribution in [2.45, 2.75) is 26.7 Å².